The maximum absolute atomic E-state index is 9.70. The molecule has 0 fully saturated rings. The van der Waals surface area contributed by atoms with Gasteiger partial charge in [-0.25, -0.2) is 0 Å². The van der Waals surface area contributed by atoms with Crippen LogP contribution in [0.1, 0.15) is 0 Å². The average Bonchev–Trinajstić information content (AvgIpc) is 1.83. The van der Waals surface area contributed by atoms with Crippen molar-refractivity contribution < 1.29 is 14.4 Å². The lowest BCUT2D eigenvalue weighted by Crippen LogP contribution is -2.03. The molecule has 0 spiro atoms. The standard InChI is InChI=1S/C5H5O3/c6-2-1-5(3-7)4-8/h1-5H. The van der Waals surface area contributed by atoms with Crippen LogP contribution in [0.15, 0.2) is 0 Å². The fourth-order valence-corrected chi connectivity index (χ4v) is 0.214. The third-order valence-corrected chi connectivity index (χ3v) is 0.615. The van der Waals surface area contributed by atoms with Gasteiger partial charge in [-0.1, -0.05) is 0 Å². The maximum atomic E-state index is 9.70. The highest BCUT2D eigenvalue weighted by molar-refractivity contribution is 5.85. The van der Waals surface area contributed by atoms with Crippen LogP contribution in [-0.2, 0) is 14.4 Å². The highest BCUT2D eigenvalue weighted by Crippen LogP contribution is 1.86. The molecule has 0 aromatic rings. The van der Waals surface area contributed by atoms with E-state index in [1.54, 1.807) is 0 Å². The van der Waals surface area contributed by atoms with Crippen molar-refractivity contribution in [3.8, 4) is 0 Å². The topological polar surface area (TPSA) is 51.2 Å². The molecule has 8 heavy (non-hydrogen) atoms. The Labute approximate surface area is 46.7 Å². The number of aldehydes is 3. The van der Waals surface area contributed by atoms with Gasteiger partial charge in [0.05, 0.1) is 5.92 Å². The van der Waals surface area contributed by atoms with Crippen LogP contribution in [0, 0.1) is 12.3 Å². The van der Waals surface area contributed by atoms with Crippen molar-refractivity contribution in [2.24, 2.45) is 5.92 Å². The summed E-state index contributed by atoms with van der Waals surface area (Å²) in [6, 6.07) is 0. The summed E-state index contributed by atoms with van der Waals surface area (Å²) in [7, 11) is 0. The van der Waals surface area contributed by atoms with E-state index in [4.69, 9.17) is 0 Å². The van der Waals surface area contributed by atoms with Crippen molar-refractivity contribution in [2.75, 3.05) is 0 Å². The van der Waals surface area contributed by atoms with Gasteiger partial charge < -0.3 is 14.4 Å². The largest absolute Gasteiger partial charge is 0.303 e. The fraction of sp³-hybridized carbons (Fsp3) is 0.200. The molecule has 0 N–H and O–H groups in total. The molecule has 0 aromatic carbocycles. The van der Waals surface area contributed by atoms with Crippen molar-refractivity contribution in [1.29, 1.82) is 0 Å². The summed E-state index contributed by atoms with van der Waals surface area (Å²) in [5.41, 5.74) is 0. The molecule has 3 nitrogen and oxygen atoms in total. The van der Waals surface area contributed by atoms with Crippen LogP contribution >= 0.6 is 0 Å². The Balaban J connectivity index is 3.50. The zero-order valence-electron chi connectivity index (χ0n) is 4.11. The van der Waals surface area contributed by atoms with Crippen LogP contribution in [0.5, 0.6) is 0 Å². The third-order valence-electron chi connectivity index (χ3n) is 0.615. The van der Waals surface area contributed by atoms with Gasteiger partial charge in [-0.05, 0) is 0 Å². The van der Waals surface area contributed by atoms with E-state index >= 15 is 0 Å². The van der Waals surface area contributed by atoms with Crippen LogP contribution in [0.3, 0.4) is 0 Å². The first kappa shape index (κ1) is 7.01. The van der Waals surface area contributed by atoms with E-state index in [1.165, 1.54) is 0 Å². The third kappa shape index (κ3) is 2.23. The lowest BCUT2D eigenvalue weighted by atomic mass is 10.1. The Bertz CT molecular complexity index is 89.8. The molecule has 0 aliphatic rings. The Morgan fingerprint density at radius 2 is 1.50 bits per heavy atom. The maximum Gasteiger partial charge on any atom is 0.130 e. The average molecular weight is 113 g/mol. The quantitative estimate of drug-likeness (QED) is 0.361. The van der Waals surface area contributed by atoms with Crippen molar-refractivity contribution in [1.82, 2.24) is 0 Å². The summed E-state index contributed by atoms with van der Waals surface area (Å²) in [6.45, 7) is 0. The molecule has 1 radical (unpaired) electrons. The van der Waals surface area contributed by atoms with E-state index in [-0.39, 0.29) is 0 Å². The van der Waals surface area contributed by atoms with Crippen molar-refractivity contribution in [2.45, 2.75) is 0 Å². The Kier molecular flexibility index (Phi) is 3.66. The number of rotatable bonds is 4. The second-order valence-corrected chi connectivity index (χ2v) is 1.18. The van der Waals surface area contributed by atoms with E-state index in [0.29, 0.717) is 18.9 Å². The van der Waals surface area contributed by atoms with E-state index in [0.717, 1.165) is 6.42 Å². The van der Waals surface area contributed by atoms with Crippen molar-refractivity contribution in [3.63, 3.8) is 0 Å². The Morgan fingerprint density at radius 3 is 1.62 bits per heavy atom. The zero-order chi connectivity index (χ0) is 6.41. The first-order valence-electron chi connectivity index (χ1n) is 2.04. The van der Waals surface area contributed by atoms with Crippen LogP contribution in [0.2, 0.25) is 0 Å². The first-order valence-corrected chi connectivity index (χ1v) is 2.04. The minimum Gasteiger partial charge on any atom is -0.303 e. The van der Waals surface area contributed by atoms with Crippen LogP contribution in [0.25, 0.3) is 0 Å². The van der Waals surface area contributed by atoms with Crippen LogP contribution in [-0.4, -0.2) is 18.9 Å². The van der Waals surface area contributed by atoms with E-state index in [9.17, 15) is 14.4 Å². The van der Waals surface area contributed by atoms with Gasteiger partial charge in [0.25, 0.3) is 0 Å². The van der Waals surface area contributed by atoms with Gasteiger partial charge in [-0.2, -0.15) is 0 Å². The van der Waals surface area contributed by atoms with E-state index < -0.39 is 5.92 Å². The van der Waals surface area contributed by atoms with E-state index in [2.05, 4.69) is 0 Å². The van der Waals surface area contributed by atoms with Gasteiger partial charge in [0.1, 0.15) is 18.9 Å². The Morgan fingerprint density at radius 1 is 1.00 bits per heavy atom. The van der Waals surface area contributed by atoms with Gasteiger partial charge in [-0.15, -0.1) is 0 Å². The van der Waals surface area contributed by atoms with Gasteiger partial charge in [0.15, 0.2) is 0 Å². The molecule has 0 unspecified atom stereocenters. The Hall–Kier alpha value is -0.990. The summed E-state index contributed by atoms with van der Waals surface area (Å²) >= 11 is 0. The molecule has 43 valence electrons. The molecule has 0 aliphatic carbocycles. The molecule has 0 saturated heterocycles. The summed E-state index contributed by atoms with van der Waals surface area (Å²) in [4.78, 5) is 29.0. The van der Waals surface area contributed by atoms with Crippen molar-refractivity contribution in [3.05, 3.63) is 6.42 Å². The lowest BCUT2D eigenvalue weighted by molar-refractivity contribution is -0.119. The molecule has 0 heterocycles. The van der Waals surface area contributed by atoms with Gasteiger partial charge >= 0.3 is 0 Å². The molecule has 0 saturated carbocycles. The number of carbonyl (C=O) groups is 3. The first-order chi connectivity index (χ1) is 3.85. The second kappa shape index (κ2) is 4.18. The van der Waals surface area contributed by atoms with Crippen LogP contribution < -0.4 is 0 Å². The molecule has 0 aliphatic heterocycles. The minimum absolute atomic E-state index is 0.404. The molecular formula is C5H5O3. The normalized spacial score (nSPS) is 8.62. The lowest BCUT2D eigenvalue weighted by Gasteiger charge is -1.87. The molecule has 0 rings (SSSR count). The van der Waals surface area contributed by atoms with Gasteiger partial charge in [0, 0.05) is 6.42 Å². The van der Waals surface area contributed by atoms with E-state index in [1.807, 2.05) is 0 Å². The highest BCUT2D eigenvalue weighted by atomic mass is 16.1. The SMILES string of the molecule is O=C[CH]C(C=O)C=O. The number of carbonyl (C=O) groups excluding carboxylic acids is 3. The fourth-order valence-electron chi connectivity index (χ4n) is 0.214. The van der Waals surface area contributed by atoms with Gasteiger partial charge in [-0.3, -0.25) is 0 Å². The molecule has 0 bridgehead atoms. The monoisotopic (exact) mass is 113 g/mol. The summed E-state index contributed by atoms with van der Waals surface area (Å²) in [6.07, 6.45) is 2.22. The molecular weight excluding hydrogens is 108 g/mol. The second-order valence-electron chi connectivity index (χ2n) is 1.18. The predicted octanol–water partition coefficient (Wildman–Crippen LogP) is -0.596. The summed E-state index contributed by atoms with van der Waals surface area (Å²) in [5.74, 6) is -0.854. The smallest absolute Gasteiger partial charge is 0.130 e. The summed E-state index contributed by atoms with van der Waals surface area (Å²) < 4.78 is 0. The number of hydrogen-bond acceptors (Lipinski definition) is 3. The predicted molar refractivity (Wildman–Crippen MR) is 26.0 cm³/mol. The van der Waals surface area contributed by atoms with Gasteiger partial charge in [0.2, 0.25) is 0 Å². The van der Waals surface area contributed by atoms with Crippen LogP contribution in [0.4, 0.5) is 0 Å². The highest BCUT2D eigenvalue weighted by Gasteiger charge is 2.01. The molecule has 3 heteroatoms. The molecule has 0 amide bonds. The molecule has 0 atom stereocenters. The van der Waals surface area contributed by atoms with Crippen molar-refractivity contribution >= 4 is 18.9 Å². The molecule has 0 aromatic heterocycles. The summed E-state index contributed by atoms with van der Waals surface area (Å²) in [5, 5.41) is 0. The number of hydrogen-bond donors (Lipinski definition) is 0. The zero-order valence-corrected chi connectivity index (χ0v) is 4.11. The minimum atomic E-state index is -0.854.